The first-order chi connectivity index (χ1) is 9.18. The monoisotopic (exact) mass is 263 g/mol. The molecule has 0 bridgehead atoms. The van der Waals surface area contributed by atoms with Gasteiger partial charge in [-0.15, -0.1) is 0 Å². The van der Waals surface area contributed by atoms with E-state index in [2.05, 4.69) is 28.8 Å². The van der Waals surface area contributed by atoms with Crippen LogP contribution in [0.1, 0.15) is 33.1 Å². The molecule has 0 radical (unpaired) electrons. The molecule has 0 aromatic carbocycles. The molecule has 1 amide bonds. The summed E-state index contributed by atoms with van der Waals surface area (Å²) in [6.07, 6.45) is 6.24. The van der Waals surface area contributed by atoms with Crippen LogP contribution in [-0.4, -0.2) is 61.8 Å². The molecule has 2 atom stereocenters. The van der Waals surface area contributed by atoms with Gasteiger partial charge < -0.3 is 4.90 Å². The predicted octanol–water partition coefficient (Wildman–Crippen LogP) is 1.19. The molecule has 3 heterocycles. The largest absolute Gasteiger partial charge is 0.346 e. The highest BCUT2D eigenvalue weighted by Crippen LogP contribution is 2.32. The topological polar surface area (TPSA) is 54.3 Å². The van der Waals surface area contributed by atoms with Gasteiger partial charge in [-0.3, -0.25) is 4.90 Å². The fourth-order valence-electron chi connectivity index (χ4n) is 3.54. The van der Waals surface area contributed by atoms with E-state index < -0.39 is 0 Å². The summed E-state index contributed by atoms with van der Waals surface area (Å²) in [6, 6.07) is 1.37. The Labute approximate surface area is 113 Å². The van der Waals surface area contributed by atoms with Crippen LogP contribution in [0.4, 0.5) is 4.79 Å². The zero-order valence-corrected chi connectivity index (χ0v) is 11.6. The van der Waals surface area contributed by atoms with E-state index in [-0.39, 0.29) is 6.03 Å². The zero-order valence-electron chi connectivity index (χ0n) is 11.6. The van der Waals surface area contributed by atoms with Gasteiger partial charge in [-0.05, 0) is 39.7 Å². The quantitative estimate of drug-likeness (QED) is 0.764. The number of rotatable bonds is 1. The first-order valence-electron chi connectivity index (χ1n) is 7.10. The highest BCUT2D eigenvalue weighted by molar-refractivity contribution is 5.76. The van der Waals surface area contributed by atoms with Crippen LogP contribution in [0.15, 0.2) is 12.7 Å². The molecule has 2 aliphatic rings. The molecule has 2 unspecified atom stereocenters. The first kappa shape index (κ1) is 12.6. The summed E-state index contributed by atoms with van der Waals surface area (Å²) >= 11 is 0. The third kappa shape index (κ3) is 2.14. The van der Waals surface area contributed by atoms with Crippen molar-refractivity contribution >= 4 is 6.03 Å². The molecule has 1 aromatic heterocycles. The Morgan fingerprint density at radius 1 is 1.26 bits per heavy atom. The van der Waals surface area contributed by atoms with Crippen molar-refractivity contribution in [1.82, 2.24) is 24.6 Å². The second-order valence-electron chi connectivity index (χ2n) is 5.71. The number of amides is 1. The van der Waals surface area contributed by atoms with Gasteiger partial charge in [0.1, 0.15) is 12.7 Å². The van der Waals surface area contributed by atoms with Crippen molar-refractivity contribution in [1.29, 1.82) is 0 Å². The van der Waals surface area contributed by atoms with Gasteiger partial charge in [-0.25, -0.2) is 9.78 Å². The standard InChI is InChI=1S/C13H21N5O/c1-10(2)16-6-3-4-11-12(16)5-7-17(11)13(19)18-9-14-8-15-18/h8-12H,3-7H2,1-2H3. The lowest BCUT2D eigenvalue weighted by molar-refractivity contribution is 0.0782. The minimum Gasteiger partial charge on any atom is -0.318 e. The lowest BCUT2D eigenvalue weighted by Crippen LogP contribution is -2.53. The molecule has 2 saturated heterocycles. The molecular formula is C13H21N5O. The summed E-state index contributed by atoms with van der Waals surface area (Å²) in [7, 11) is 0. The number of hydrogen-bond acceptors (Lipinski definition) is 4. The fraction of sp³-hybridized carbons (Fsp3) is 0.769. The van der Waals surface area contributed by atoms with Crippen molar-refractivity contribution < 1.29 is 4.79 Å². The first-order valence-corrected chi connectivity index (χ1v) is 7.10. The molecule has 6 heteroatoms. The lowest BCUT2D eigenvalue weighted by Gasteiger charge is -2.41. The second kappa shape index (κ2) is 4.92. The van der Waals surface area contributed by atoms with E-state index in [0.717, 1.165) is 25.9 Å². The van der Waals surface area contributed by atoms with Gasteiger partial charge in [0.2, 0.25) is 0 Å². The molecule has 104 valence electrons. The molecule has 3 rings (SSSR count). The molecule has 1 aromatic rings. The molecule has 6 nitrogen and oxygen atoms in total. The van der Waals surface area contributed by atoms with Crippen LogP contribution in [0.3, 0.4) is 0 Å². The number of nitrogens with zero attached hydrogens (tertiary/aromatic N) is 5. The van der Waals surface area contributed by atoms with E-state index in [1.165, 1.54) is 23.8 Å². The molecule has 2 fully saturated rings. The number of fused-ring (bicyclic) bond motifs is 1. The molecular weight excluding hydrogens is 242 g/mol. The minimum absolute atomic E-state index is 0.0318. The molecule has 0 aliphatic carbocycles. The van der Waals surface area contributed by atoms with Crippen molar-refractivity contribution in [3.05, 3.63) is 12.7 Å². The van der Waals surface area contributed by atoms with Gasteiger partial charge in [-0.1, -0.05) is 0 Å². The Hall–Kier alpha value is -1.43. The lowest BCUT2D eigenvalue weighted by atomic mass is 9.95. The fourth-order valence-corrected chi connectivity index (χ4v) is 3.54. The van der Waals surface area contributed by atoms with E-state index in [9.17, 15) is 4.79 Å². The average molecular weight is 263 g/mol. The number of carbonyl (C=O) groups excluding carboxylic acids is 1. The summed E-state index contributed by atoms with van der Waals surface area (Å²) in [5.74, 6) is 0. The Bertz CT molecular complexity index is 444. The number of piperidine rings is 1. The number of hydrogen-bond donors (Lipinski definition) is 0. The second-order valence-corrected chi connectivity index (χ2v) is 5.71. The normalized spacial score (nSPS) is 27.8. The van der Waals surface area contributed by atoms with E-state index >= 15 is 0 Å². The van der Waals surface area contributed by atoms with E-state index in [4.69, 9.17) is 0 Å². The maximum atomic E-state index is 12.4. The summed E-state index contributed by atoms with van der Waals surface area (Å²) in [5.41, 5.74) is 0. The van der Waals surface area contributed by atoms with Crippen LogP contribution in [0, 0.1) is 0 Å². The Morgan fingerprint density at radius 3 is 2.79 bits per heavy atom. The van der Waals surface area contributed by atoms with Crippen molar-refractivity contribution in [2.75, 3.05) is 13.1 Å². The van der Waals surface area contributed by atoms with Gasteiger partial charge in [0.25, 0.3) is 0 Å². The minimum atomic E-state index is -0.0318. The highest BCUT2D eigenvalue weighted by atomic mass is 16.2. The summed E-state index contributed by atoms with van der Waals surface area (Å²) in [6.45, 7) is 6.47. The Kier molecular flexibility index (Phi) is 3.26. The SMILES string of the molecule is CC(C)N1CCCC2C1CCN2C(=O)n1cncn1. The maximum absolute atomic E-state index is 12.4. The van der Waals surface area contributed by atoms with Gasteiger partial charge in [0, 0.05) is 24.7 Å². The maximum Gasteiger partial charge on any atom is 0.346 e. The summed E-state index contributed by atoms with van der Waals surface area (Å²) in [4.78, 5) is 20.8. The molecule has 0 N–H and O–H groups in total. The third-order valence-electron chi connectivity index (χ3n) is 4.38. The predicted molar refractivity (Wildman–Crippen MR) is 70.8 cm³/mol. The van der Waals surface area contributed by atoms with Gasteiger partial charge >= 0.3 is 6.03 Å². The summed E-state index contributed by atoms with van der Waals surface area (Å²) in [5, 5.41) is 3.95. The van der Waals surface area contributed by atoms with Gasteiger partial charge in [-0.2, -0.15) is 9.78 Å². The van der Waals surface area contributed by atoms with Crippen LogP contribution < -0.4 is 0 Å². The number of likely N-dealkylation sites (tertiary alicyclic amines) is 2. The Balaban J connectivity index is 1.77. The average Bonchev–Trinajstić information content (AvgIpc) is 3.06. The molecule has 19 heavy (non-hydrogen) atoms. The van der Waals surface area contributed by atoms with E-state index in [1.807, 2.05) is 4.90 Å². The van der Waals surface area contributed by atoms with Crippen LogP contribution >= 0.6 is 0 Å². The van der Waals surface area contributed by atoms with E-state index in [1.54, 1.807) is 0 Å². The third-order valence-corrected chi connectivity index (χ3v) is 4.38. The van der Waals surface area contributed by atoms with Crippen molar-refractivity contribution in [2.45, 2.75) is 51.2 Å². The van der Waals surface area contributed by atoms with Gasteiger partial charge in [0.15, 0.2) is 0 Å². The van der Waals surface area contributed by atoms with E-state index in [0.29, 0.717) is 18.1 Å². The van der Waals surface area contributed by atoms with Crippen molar-refractivity contribution in [3.8, 4) is 0 Å². The van der Waals surface area contributed by atoms with Crippen LogP contribution in [0.5, 0.6) is 0 Å². The van der Waals surface area contributed by atoms with Crippen LogP contribution in [0.25, 0.3) is 0 Å². The van der Waals surface area contributed by atoms with Crippen LogP contribution in [-0.2, 0) is 0 Å². The highest BCUT2D eigenvalue weighted by Gasteiger charge is 2.43. The Morgan fingerprint density at radius 2 is 2.11 bits per heavy atom. The van der Waals surface area contributed by atoms with Crippen LogP contribution in [0.2, 0.25) is 0 Å². The smallest absolute Gasteiger partial charge is 0.318 e. The van der Waals surface area contributed by atoms with Crippen molar-refractivity contribution in [3.63, 3.8) is 0 Å². The number of carbonyl (C=O) groups is 1. The molecule has 0 saturated carbocycles. The summed E-state index contributed by atoms with van der Waals surface area (Å²) < 4.78 is 1.34. The van der Waals surface area contributed by atoms with Gasteiger partial charge in [0.05, 0.1) is 0 Å². The number of aromatic nitrogens is 3. The molecule has 0 spiro atoms. The molecule has 2 aliphatic heterocycles. The van der Waals surface area contributed by atoms with Crippen molar-refractivity contribution in [2.24, 2.45) is 0 Å². The zero-order chi connectivity index (χ0) is 13.4.